The first-order valence-corrected chi connectivity index (χ1v) is 10.9. The summed E-state index contributed by atoms with van der Waals surface area (Å²) in [7, 11) is 0. The molecule has 9 heteroatoms. The molecule has 0 saturated carbocycles. The first kappa shape index (κ1) is 23.5. The van der Waals surface area contributed by atoms with Crippen molar-refractivity contribution in [3.8, 4) is 10.6 Å². The van der Waals surface area contributed by atoms with Crippen molar-refractivity contribution in [2.75, 3.05) is 5.32 Å². The molecule has 168 valence electrons. The molecule has 0 unspecified atom stereocenters. The van der Waals surface area contributed by atoms with Gasteiger partial charge in [0.2, 0.25) is 11.8 Å². The number of benzene rings is 2. The fourth-order valence-electron chi connectivity index (χ4n) is 2.91. The second-order valence-corrected chi connectivity index (χ2v) is 8.03. The van der Waals surface area contributed by atoms with Gasteiger partial charge in [-0.3, -0.25) is 9.59 Å². The van der Waals surface area contributed by atoms with Crippen LogP contribution in [0.3, 0.4) is 0 Å². The Kier molecular flexibility index (Phi) is 7.63. The van der Waals surface area contributed by atoms with Crippen LogP contribution in [0.25, 0.3) is 10.6 Å². The molecular formula is C23H22F3N3O2S. The second kappa shape index (κ2) is 10.4. The van der Waals surface area contributed by atoms with Gasteiger partial charge in [-0.05, 0) is 36.2 Å². The fourth-order valence-corrected chi connectivity index (χ4v) is 3.73. The number of carbonyl (C=O) groups is 2. The highest BCUT2D eigenvalue weighted by atomic mass is 32.1. The van der Waals surface area contributed by atoms with E-state index in [9.17, 15) is 22.8 Å². The van der Waals surface area contributed by atoms with Gasteiger partial charge in [0.15, 0.2) is 0 Å². The minimum absolute atomic E-state index is 0.0347. The van der Waals surface area contributed by atoms with Crippen molar-refractivity contribution in [1.29, 1.82) is 0 Å². The Hall–Kier alpha value is -3.20. The average molecular weight is 462 g/mol. The summed E-state index contributed by atoms with van der Waals surface area (Å²) in [6.07, 6.45) is -3.06. The molecule has 2 N–H and O–H groups in total. The number of carbonyl (C=O) groups excluding carboxylic acids is 2. The quantitative estimate of drug-likeness (QED) is 0.470. The van der Waals surface area contributed by atoms with E-state index >= 15 is 0 Å². The zero-order valence-electron chi connectivity index (χ0n) is 17.3. The standard InChI is InChI=1S/C23H22F3N3O2S/c1-2-3-20(30)28-18-10-4-15(5-11-18)13-27-21(31)12-19-14-32-22(29-19)16-6-8-17(9-7-16)23(24,25)26/h4-11,14H,2-3,12-13H2,1H3,(H,27,31)(H,28,30). The molecule has 2 aromatic carbocycles. The Morgan fingerprint density at radius 3 is 2.31 bits per heavy atom. The van der Waals surface area contributed by atoms with Crippen LogP contribution in [0.4, 0.5) is 18.9 Å². The normalized spacial score (nSPS) is 11.2. The Labute approximate surface area is 187 Å². The molecule has 5 nitrogen and oxygen atoms in total. The summed E-state index contributed by atoms with van der Waals surface area (Å²) in [6.45, 7) is 2.27. The van der Waals surface area contributed by atoms with E-state index < -0.39 is 11.7 Å². The topological polar surface area (TPSA) is 71.1 Å². The number of anilines is 1. The molecular weight excluding hydrogens is 439 g/mol. The molecule has 0 atom stereocenters. The van der Waals surface area contributed by atoms with Gasteiger partial charge in [0.05, 0.1) is 17.7 Å². The number of halogens is 3. The molecule has 0 spiro atoms. The van der Waals surface area contributed by atoms with Gasteiger partial charge in [-0.15, -0.1) is 11.3 Å². The second-order valence-electron chi connectivity index (χ2n) is 7.17. The van der Waals surface area contributed by atoms with Crippen molar-refractivity contribution in [1.82, 2.24) is 10.3 Å². The zero-order chi connectivity index (χ0) is 23.1. The van der Waals surface area contributed by atoms with Crippen molar-refractivity contribution in [2.45, 2.75) is 38.9 Å². The molecule has 0 radical (unpaired) electrons. The lowest BCUT2D eigenvalue weighted by Gasteiger charge is -2.07. The van der Waals surface area contributed by atoms with Crippen LogP contribution < -0.4 is 10.6 Å². The van der Waals surface area contributed by atoms with Crippen LogP contribution >= 0.6 is 11.3 Å². The van der Waals surface area contributed by atoms with Gasteiger partial charge in [0.1, 0.15) is 5.01 Å². The van der Waals surface area contributed by atoms with Gasteiger partial charge < -0.3 is 10.6 Å². The van der Waals surface area contributed by atoms with Crippen molar-refractivity contribution in [3.05, 3.63) is 70.7 Å². The van der Waals surface area contributed by atoms with E-state index in [0.717, 1.165) is 24.1 Å². The summed E-state index contributed by atoms with van der Waals surface area (Å²) in [5, 5.41) is 7.90. The maximum Gasteiger partial charge on any atom is 0.416 e. The highest BCUT2D eigenvalue weighted by Gasteiger charge is 2.30. The van der Waals surface area contributed by atoms with Crippen molar-refractivity contribution in [2.24, 2.45) is 0 Å². The lowest BCUT2D eigenvalue weighted by Crippen LogP contribution is -2.24. The van der Waals surface area contributed by atoms with Gasteiger partial charge in [-0.2, -0.15) is 13.2 Å². The van der Waals surface area contributed by atoms with Crippen molar-refractivity contribution in [3.63, 3.8) is 0 Å². The van der Waals surface area contributed by atoms with Crippen LogP contribution in [0.15, 0.2) is 53.9 Å². The molecule has 3 aromatic rings. The van der Waals surface area contributed by atoms with E-state index in [2.05, 4.69) is 15.6 Å². The van der Waals surface area contributed by atoms with Gasteiger partial charge in [-0.25, -0.2) is 4.98 Å². The van der Waals surface area contributed by atoms with Crippen LogP contribution in [0.1, 0.15) is 36.6 Å². The minimum atomic E-state index is -4.38. The molecule has 32 heavy (non-hydrogen) atoms. The summed E-state index contributed by atoms with van der Waals surface area (Å²) in [5.74, 6) is -0.248. The van der Waals surface area contributed by atoms with Gasteiger partial charge >= 0.3 is 6.18 Å². The molecule has 0 aliphatic rings. The van der Waals surface area contributed by atoms with E-state index in [1.54, 1.807) is 17.5 Å². The summed E-state index contributed by atoms with van der Waals surface area (Å²) >= 11 is 1.28. The van der Waals surface area contributed by atoms with Crippen LogP contribution in [0.5, 0.6) is 0 Å². The summed E-state index contributed by atoms with van der Waals surface area (Å²) in [6, 6.07) is 12.0. The van der Waals surface area contributed by atoms with Crippen LogP contribution in [-0.2, 0) is 28.7 Å². The van der Waals surface area contributed by atoms with Crippen LogP contribution in [-0.4, -0.2) is 16.8 Å². The number of nitrogens with one attached hydrogen (secondary N) is 2. The highest BCUT2D eigenvalue weighted by molar-refractivity contribution is 7.13. The zero-order valence-corrected chi connectivity index (χ0v) is 18.1. The number of nitrogens with zero attached hydrogens (tertiary/aromatic N) is 1. The van der Waals surface area contributed by atoms with Crippen molar-refractivity contribution < 1.29 is 22.8 Å². The number of hydrogen-bond donors (Lipinski definition) is 2. The Morgan fingerprint density at radius 2 is 1.69 bits per heavy atom. The number of alkyl halides is 3. The molecule has 0 aliphatic carbocycles. The number of rotatable bonds is 8. The number of aromatic nitrogens is 1. The predicted octanol–water partition coefficient (Wildman–Crippen LogP) is 5.43. The first-order chi connectivity index (χ1) is 15.2. The Balaban J connectivity index is 1.50. The molecule has 0 saturated heterocycles. The lowest BCUT2D eigenvalue weighted by atomic mass is 10.1. The summed E-state index contributed by atoms with van der Waals surface area (Å²) in [5.41, 5.74) is 2.00. The Morgan fingerprint density at radius 1 is 1.00 bits per heavy atom. The van der Waals surface area contributed by atoms with Crippen LogP contribution in [0.2, 0.25) is 0 Å². The molecule has 0 fully saturated rings. The summed E-state index contributed by atoms with van der Waals surface area (Å²) in [4.78, 5) is 28.2. The molecule has 0 bridgehead atoms. The maximum absolute atomic E-state index is 12.7. The first-order valence-electron chi connectivity index (χ1n) is 10.0. The summed E-state index contributed by atoms with van der Waals surface area (Å²) < 4.78 is 38.1. The van der Waals surface area contributed by atoms with Gasteiger partial charge in [-0.1, -0.05) is 31.2 Å². The third-order valence-electron chi connectivity index (χ3n) is 4.56. The third-order valence-corrected chi connectivity index (χ3v) is 5.50. The van der Waals surface area contributed by atoms with E-state index in [4.69, 9.17) is 0 Å². The minimum Gasteiger partial charge on any atom is -0.352 e. The maximum atomic E-state index is 12.7. The van der Waals surface area contributed by atoms with Gasteiger partial charge in [0, 0.05) is 29.6 Å². The lowest BCUT2D eigenvalue weighted by molar-refractivity contribution is -0.137. The van der Waals surface area contributed by atoms with Crippen LogP contribution in [0, 0.1) is 0 Å². The molecule has 1 aromatic heterocycles. The molecule has 0 aliphatic heterocycles. The van der Waals surface area contributed by atoms with Gasteiger partial charge in [0.25, 0.3) is 0 Å². The monoisotopic (exact) mass is 461 g/mol. The number of amides is 2. The molecule has 2 amide bonds. The Bertz CT molecular complexity index is 1060. The van der Waals surface area contributed by atoms with E-state index in [1.165, 1.54) is 23.5 Å². The predicted molar refractivity (Wildman–Crippen MR) is 118 cm³/mol. The fraction of sp³-hybridized carbons (Fsp3) is 0.261. The molecule has 1 heterocycles. The van der Waals surface area contributed by atoms with E-state index in [1.807, 2.05) is 19.1 Å². The van der Waals surface area contributed by atoms with Crippen molar-refractivity contribution >= 4 is 28.8 Å². The van der Waals surface area contributed by atoms with E-state index in [0.29, 0.717) is 34.9 Å². The smallest absolute Gasteiger partial charge is 0.352 e. The number of thiazole rings is 1. The van der Waals surface area contributed by atoms with E-state index in [-0.39, 0.29) is 18.2 Å². The highest BCUT2D eigenvalue weighted by Crippen LogP contribution is 2.31. The number of hydrogen-bond acceptors (Lipinski definition) is 4. The average Bonchev–Trinajstić information content (AvgIpc) is 3.21. The largest absolute Gasteiger partial charge is 0.416 e. The molecule has 3 rings (SSSR count). The third kappa shape index (κ3) is 6.65. The SMILES string of the molecule is CCCC(=O)Nc1ccc(CNC(=O)Cc2csc(-c3ccc(C(F)(F)F)cc3)n2)cc1.